The van der Waals surface area contributed by atoms with Crippen LogP contribution in [-0.4, -0.2) is 18.4 Å². The van der Waals surface area contributed by atoms with E-state index in [1.54, 1.807) is 13.8 Å². The van der Waals surface area contributed by atoms with Gasteiger partial charge in [0.2, 0.25) is 0 Å². The molecule has 0 aliphatic heterocycles. The molecule has 0 bridgehead atoms. The zero-order valence-electron chi connectivity index (χ0n) is 9.55. The quantitative estimate of drug-likeness (QED) is 0.474. The summed E-state index contributed by atoms with van der Waals surface area (Å²) >= 11 is 5.61. The second-order valence-corrected chi connectivity index (χ2v) is 3.70. The van der Waals surface area contributed by atoms with Crippen LogP contribution in [0.15, 0.2) is 12.1 Å². The third kappa shape index (κ3) is 2.82. The second kappa shape index (κ2) is 5.77. The summed E-state index contributed by atoms with van der Waals surface area (Å²) in [6.45, 7) is 3.37. The lowest BCUT2D eigenvalue weighted by Crippen LogP contribution is -2.19. The number of rotatable bonds is 4. The number of carbonyl (C=O) groups is 2. The molecule has 3 nitrogen and oxygen atoms in total. The van der Waals surface area contributed by atoms with E-state index in [1.165, 1.54) is 12.1 Å². The van der Waals surface area contributed by atoms with E-state index in [2.05, 4.69) is 4.74 Å². The highest BCUT2D eigenvalue weighted by atomic mass is 35.5. The maximum absolute atomic E-state index is 13.6. The summed E-state index contributed by atoms with van der Waals surface area (Å²) in [7, 11) is 0. The number of ketones is 1. The van der Waals surface area contributed by atoms with Crippen molar-refractivity contribution in [2.24, 2.45) is 0 Å². The Morgan fingerprint density at radius 1 is 1.35 bits per heavy atom. The number of benzene rings is 1. The molecule has 0 aromatic heterocycles. The molecule has 1 aromatic carbocycles. The van der Waals surface area contributed by atoms with Gasteiger partial charge in [0, 0.05) is 11.1 Å². The number of Topliss-reactive ketones (excluding diaryl/α,β-unsaturated/α-hetero) is 1. The lowest BCUT2D eigenvalue weighted by atomic mass is 10.0. The van der Waals surface area contributed by atoms with Gasteiger partial charge in [0.25, 0.3) is 5.78 Å². The average molecular weight is 259 g/mol. The van der Waals surface area contributed by atoms with Crippen molar-refractivity contribution in [3.8, 4) is 0 Å². The van der Waals surface area contributed by atoms with E-state index in [-0.39, 0.29) is 29.2 Å². The maximum Gasteiger partial charge on any atom is 0.379 e. The lowest BCUT2D eigenvalue weighted by molar-refractivity contribution is -0.137. The van der Waals surface area contributed by atoms with Crippen molar-refractivity contribution < 1.29 is 18.7 Å². The van der Waals surface area contributed by atoms with Crippen LogP contribution in [0.4, 0.5) is 4.39 Å². The predicted octanol–water partition coefficient (Wildman–Crippen LogP) is 2.79. The summed E-state index contributed by atoms with van der Waals surface area (Å²) < 4.78 is 18.2. The SMILES string of the molecule is CCOC(=O)C(=O)c1ccc(Cl)c(F)c1CC. The maximum atomic E-state index is 13.6. The predicted molar refractivity (Wildman–Crippen MR) is 61.8 cm³/mol. The molecule has 0 spiro atoms. The van der Waals surface area contributed by atoms with Gasteiger partial charge in [-0.05, 0) is 25.5 Å². The summed E-state index contributed by atoms with van der Waals surface area (Å²) in [4.78, 5) is 23.0. The Kier molecular flexibility index (Phi) is 4.63. The van der Waals surface area contributed by atoms with Gasteiger partial charge in [-0.2, -0.15) is 0 Å². The van der Waals surface area contributed by atoms with Crippen LogP contribution in [0.1, 0.15) is 29.8 Å². The van der Waals surface area contributed by atoms with Crippen LogP contribution in [0.25, 0.3) is 0 Å². The Morgan fingerprint density at radius 3 is 2.53 bits per heavy atom. The van der Waals surface area contributed by atoms with Gasteiger partial charge in [-0.3, -0.25) is 4.79 Å². The first-order valence-corrected chi connectivity index (χ1v) is 5.59. The molecule has 0 aliphatic carbocycles. The first kappa shape index (κ1) is 13.6. The van der Waals surface area contributed by atoms with Gasteiger partial charge in [0.1, 0.15) is 5.82 Å². The molecule has 17 heavy (non-hydrogen) atoms. The fourth-order valence-electron chi connectivity index (χ4n) is 1.46. The Balaban J connectivity index is 3.18. The van der Waals surface area contributed by atoms with Crippen molar-refractivity contribution >= 4 is 23.4 Å². The normalized spacial score (nSPS) is 10.1. The van der Waals surface area contributed by atoms with Crippen LogP contribution in [-0.2, 0) is 16.0 Å². The van der Waals surface area contributed by atoms with E-state index < -0.39 is 17.6 Å². The molecule has 0 heterocycles. The molecule has 92 valence electrons. The third-order valence-corrected chi connectivity index (χ3v) is 2.55. The smallest absolute Gasteiger partial charge is 0.379 e. The van der Waals surface area contributed by atoms with Crippen LogP contribution < -0.4 is 0 Å². The zero-order chi connectivity index (χ0) is 13.0. The standard InChI is InChI=1S/C12H12ClFO3/c1-3-7-8(5-6-9(13)10(7)14)11(15)12(16)17-4-2/h5-6H,3-4H2,1-2H3. The summed E-state index contributed by atoms with van der Waals surface area (Å²) in [5, 5.41) is -0.0674. The van der Waals surface area contributed by atoms with E-state index in [0.29, 0.717) is 0 Å². The Labute approximate surface area is 104 Å². The molecule has 1 aromatic rings. The summed E-state index contributed by atoms with van der Waals surface area (Å²) in [6, 6.07) is 2.59. The Morgan fingerprint density at radius 2 is 2.00 bits per heavy atom. The summed E-state index contributed by atoms with van der Waals surface area (Å²) in [5.74, 6) is -2.49. The zero-order valence-corrected chi connectivity index (χ0v) is 10.3. The highest BCUT2D eigenvalue weighted by molar-refractivity contribution is 6.41. The van der Waals surface area contributed by atoms with Gasteiger partial charge in [-0.1, -0.05) is 18.5 Å². The fourth-order valence-corrected chi connectivity index (χ4v) is 1.63. The molecule has 0 unspecified atom stereocenters. The minimum atomic E-state index is -0.982. The van der Waals surface area contributed by atoms with Gasteiger partial charge in [0.05, 0.1) is 11.6 Å². The number of carbonyl (C=O) groups excluding carboxylic acids is 2. The molecular formula is C12H12ClFO3. The molecule has 0 atom stereocenters. The van der Waals surface area contributed by atoms with Gasteiger partial charge < -0.3 is 4.74 Å². The molecule has 0 N–H and O–H groups in total. The first-order valence-electron chi connectivity index (χ1n) is 5.21. The van der Waals surface area contributed by atoms with Crippen molar-refractivity contribution in [2.75, 3.05) is 6.61 Å². The van der Waals surface area contributed by atoms with Crippen molar-refractivity contribution in [2.45, 2.75) is 20.3 Å². The van der Waals surface area contributed by atoms with Gasteiger partial charge in [-0.25, -0.2) is 9.18 Å². The highest BCUT2D eigenvalue weighted by Crippen LogP contribution is 2.23. The van der Waals surface area contributed by atoms with Crippen molar-refractivity contribution in [3.05, 3.63) is 34.1 Å². The van der Waals surface area contributed by atoms with E-state index >= 15 is 0 Å². The van der Waals surface area contributed by atoms with Crippen molar-refractivity contribution in [1.29, 1.82) is 0 Å². The van der Waals surface area contributed by atoms with Gasteiger partial charge >= 0.3 is 5.97 Å². The molecule has 0 saturated carbocycles. The van der Waals surface area contributed by atoms with Crippen molar-refractivity contribution in [3.63, 3.8) is 0 Å². The average Bonchev–Trinajstić information content (AvgIpc) is 2.31. The minimum absolute atomic E-state index is 0.00727. The number of hydrogen-bond acceptors (Lipinski definition) is 3. The van der Waals surface area contributed by atoms with E-state index in [0.717, 1.165) is 0 Å². The number of hydrogen-bond donors (Lipinski definition) is 0. The Bertz CT molecular complexity index is 457. The van der Waals surface area contributed by atoms with E-state index in [4.69, 9.17) is 11.6 Å². The summed E-state index contributed by atoms with van der Waals surface area (Å²) in [5.41, 5.74) is 0.142. The minimum Gasteiger partial charge on any atom is -0.460 e. The molecule has 0 saturated heterocycles. The fraction of sp³-hybridized carbons (Fsp3) is 0.333. The molecule has 0 fully saturated rings. The molecule has 0 amide bonds. The summed E-state index contributed by atoms with van der Waals surface area (Å²) in [6.07, 6.45) is 0.271. The monoisotopic (exact) mass is 258 g/mol. The van der Waals surface area contributed by atoms with Gasteiger partial charge in [-0.15, -0.1) is 0 Å². The largest absolute Gasteiger partial charge is 0.460 e. The van der Waals surface area contributed by atoms with Crippen LogP contribution >= 0.6 is 11.6 Å². The van der Waals surface area contributed by atoms with Crippen LogP contribution in [0.5, 0.6) is 0 Å². The molecule has 0 radical (unpaired) electrons. The van der Waals surface area contributed by atoms with E-state index in [9.17, 15) is 14.0 Å². The van der Waals surface area contributed by atoms with Crippen LogP contribution in [0, 0.1) is 5.82 Å². The number of ether oxygens (including phenoxy) is 1. The lowest BCUT2D eigenvalue weighted by Gasteiger charge is -2.08. The third-order valence-electron chi connectivity index (χ3n) is 2.26. The molecule has 1 rings (SSSR count). The molecular weight excluding hydrogens is 247 g/mol. The van der Waals surface area contributed by atoms with Crippen LogP contribution in [0.2, 0.25) is 5.02 Å². The highest BCUT2D eigenvalue weighted by Gasteiger charge is 2.23. The Hall–Kier alpha value is -1.42. The van der Waals surface area contributed by atoms with E-state index in [1.807, 2.05) is 0 Å². The van der Waals surface area contributed by atoms with Crippen LogP contribution in [0.3, 0.4) is 0 Å². The van der Waals surface area contributed by atoms with Crippen molar-refractivity contribution in [1.82, 2.24) is 0 Å². The number of esters is 1. The topological polar surface area (TPSA) is 43.4 Å². The van der Waals surface area contributed by atoms with Gasteiger partial charge in [0.15, 0.2) is 0 Å². The first-order chi connectivity index (χ1) is 8.02. The molecule has 0 aliphatic rings. The second-order valence-electron chi connectivity index (χ2n) is 3.29. The molecule has 5 heteroatoms. The number of halogens is 2.